The smallest absolute Gasteiger partial charge is 0.335 e. The van der Waals surface area contributed by atoms with Crippen LogP contribution < -0.4 is 9.47 Å². The van der Waals surface area contributed by atoms with Crippen molar-refractivity contribution in [2.75, 3.05) is 0 Å². The van der Waals surface area contributed by atoms with E-state index in [0.29, 0.717) is 33.0 Å². The molecule has 0 aliphatic heterocycles. The van der Waals surface area contributed by atoms with E-state index in [1.165, 1.54) is 24.3 Å². The van der Waals surface area contributed by atoms with E-state index in [0.717, 1.165) is 11.1 Å². The third-order valence-corrected chi connectivity index (χ3v) is 6.16. The Balaban J connectivity index is 1.47. The first-order chi connectivity index (χ1) is 17.2. The fourth-order valence-corrected chi connectivity index (χ4v) is 3.97. The molecule has 4 aromatic rings. The van der Waals surface area contributed by atoms with Crippen LogP contribution in [0.2, 0.25) is 10.0 Å². The number of hydrogen-bond donors (Lipinski definition) is 2. The van der Waals surface area contributed by atoms with Crippen LogP contribution in [0.25, 0.3) is 0 Å². The average molecular weight is 523 g/mol. The van der Waals surface area contributed by atoms with Crippen LogP contribution in [0.15, 0.2) is 84.9 Å². The van der Waals surface area contributed by atoms with Crippen molar-refractivity contribution in [2.24, 2.45) is 0 Å². The number of hydrogen-bond acceptors (Lipinski definition) is 4. The lowest BCUT2D eigenvalue weighted by Crippen LogP contribution is -1.98. The summed E-state index contributed by atoms with van der Waals surface area (Å²) in [7, 11) is 0. The van der Waals surface area contributed by atoms with E-state index in [9.17, 15) is 9.59 Å². The van der Waals surface area contributed by atoms with Crippen molar-refractivity contribution in [3.8, 4) is 23.0 Å². The number of benzene rings is 4. The lowest BCUT2D eigenvalue weighted by molar-refractivity contribution is 0.0686. The van der Waals surface area contributed by atoms with Crippen LogP contribution in [-0.4, -0.2) is 22.2 Å². The van der Waals surface area contributed by atoms with Crippen molar-refractivity contribution in [2.45, 2.75) is 12.8 Å². The maximum Gasteiger partial charge on any atom is 0.335 e. The zero-order valence-corrected chi connectivity index (χ0v) is 20.5. The van der Waals surface area contributed by atoms with Crippen molar-refractivity contribution in [1.82, 2.24) is 0 Å². The topological polar surface area (TPSA) is 93.1 Å². The van der Waals surface area contributed by atoms with Crippen molar-refractivity contribution in [1.29, 1.82) is 0 Å². The van der Waals surface area contributed by atoms with Gasteiger partial charge in [0.1, 0.15) is 23.0 Å². The lowest BCUT2D eigenvalue weighted by atomic mass is 9.93. The highest BCUT2D eigenvalue weighted by molar-refractivity contribution is 6.32. The van der Waals surface area contributed by atoms with Gasteiger partial charge in [0.2, 0.25) is 0 Å². The van der Waals surface area contributed by atoms with Gasteiger partial charge in [-0.05, 0) is 83.9 Å². The maximum atomic E-state index is 11.0. The van der Waals surface area contributed by atoms with Crippen molar-refractivity contribution < 1.29 is 29.3 Å². The monoisotopic (exact) mass is 522 g/mol. The molecule has 2 N–H and O–H groups in total. The number of carboxylic acid groups (broad SMARTS) is 2. The summed E-state index contributed by atoms with van der Waals surface area (Å²) >= 11 is 12.9. The molecule has 0 fully saturated rings. The fourth-order valence-electron chi connectivity index (χ4n) is 3.52. The van der Waals surface area contributed by atoms with Gasteiger partial charge < -0.3 is 19.7 Å². The molecule has 0 spiro atoms. The van der Waals surface area contributed by atoms with Gasteiger partial charge in [-0.2, -0.15) is 0 Å². The first-order valence-corrected chi connectivity index (χ1v) is 11.6. The molecule has 4 rings (SSSR count). The summed E-state index contributed by atoms with van der Waals surface area (Å²) in [6.45, 7) is 2.02. The predicted molar refractivity (Wildman–Crippen MR) is 137 cm³/mol. The van der Waals surface area contributed by atoms with E-state index in [1.807, 2.05) is 31.2 Å². The molecule has 0 aromatic heterocycles. The molecular weight excluding hydrogens is 503 g/mol. The van der Waals surface area contributed by atoms with E-state index in [-0.39, 0.29) is 17.0 Å². The van der Waals surface area contributed by atoms with Crippen LogP contribution in [0, 0.1) is 0 Å². The molecule has 0 heterocycles. The van der Waals surface area contributed by atoms with E-state index in [4.69, 9.17) is 42.9 Å². The Morgan fingerprint density at radius 1 is 0.639 bits per heavy atom. The van der Waals surface area contributed by atoms with E-state index in [2.05, 4.69) is 0 Å². The molecule has 0 atom stereocenters. The second kappa shape index (κ2) is 10.7. The Morgan fingerprint density at radius 2 is 1.00 bits per heavy atom. The lowest BCUT2D eigenvalue weighted by Gasteiger charge is -2.16. The molecule has 0 bridgehead atoms. The quantitative estimate of drug-likeness (QED) is 0.242. The number of ether oxygens (including phenoxy) is 2. The molecule has 0 amide bonds. The molecule has 36 heavy (non-hydrogen) atoms. The third-order valence-electron chi connectivity index (χ3n) is 5.57. The number of aromatic carboxylic acids is 2. The average Bonchev–Trinajstić information content (AvgIpc) is 2.86. The molecule has 4 aromatic carbocycles. The molecule has 0 aliphatic rings. The van der Waals surface area contributed by atoms with Crippen LogP contribution in [0.3, 0.4) is 0 Å². The summed E-state index contributed by atoms with van der Waals surface area (Å²) in [6.07, 6.45) is 0. The number of rotatable bonds is 8. The molecule has 0 radical (unpaired) electrons. The molecule has 0 saturated carbocycles. The largest absolute Gasteiger partial charge is 0.478 e. The molecular formula is C28H20Cl2O6. The Labute approximate surface area is 217 Å². The zero-order valence-electron chi connectivity index (χ0n) is 18.9. The second-order valence-corrected chi connectivity index (χ2v) is 8.78. The van der Waals surface area contributed by atoms with Gasteiger partial charge in [-0.1, -0.05) is 42.3 Å². The summed E-state index contributed by atoms with van der Waals surface area (Å²) < 4.78 is 11.6. The number of carbonyl (C=O) groups is 2. The van der Waals surface area contributed by atoms with Gasteiger partial charge in [-0.3, -0.25) is 0 Å². The van der Waals surface area contributed by atoms with E-state index < -0.39 is 11.9 Å². The van der Waals surface area contributed by atoms with Crippen LogP contribution in [-0.2, 0) is 0 Å². The molecule has 0 aliphatic carbocycles. The standard InChI is InChI=1S/C28H20Cl2O6/c1-16(19-6-12-25(23(29)14-19)35-21-8-2-17(3-9-21)27(31)32)20-7-13-26(24(30)15-20)36-22-10-4-18(5-11-22)28(33)34/h2-16H,1H3,(H,31,32)(H,33,34). The second-order valence-electron chi connectivity index (χ2n) is 7.96. The third kappa shape index (κ3) is 5.79. The van der Waals surface area contributed by atoms with Gasteiger partial charge in [0, 0.05) is 5.92 Å². The Kier molecular flexibility index (Phi) is 7.48. The highest BCUT2D eigenvalue weighted by Crippen LogP contribution is 2.37. The Morgan fingerprint density at radius 3 is 1.31 bits per heavy atom. The first-order valence-electron chi connectivity index (χ1n) is 10.8. The zero-order chi connectivity index (χ0) is 25.8. The van der Waals surface area contributed by atoms with E-state index in [1.54, 1.807) is 36.4 Å². The highest BCUT2D eigenvalue weighted by atomic mass is 35.5. The number of carboxylic acids is 2. The normalized spacial score (nSPS) is 10.8. The Hall–Kier alpha value is -4.00. The van der Waals surface area contributed by atoms with Crippen LogP contribution in [0.5, 0.6) is 23.0 Å². The Bertz CT molecular complexity index is 1310. The van der Waals surface area contributed by atoms with Crippen LogP contribution in [0.1, 0.15) is 44.7 Å². The molecule has 6 nitrogen and oxygen atoms in total. The minimum absolute atomic E-state index is 0.0344. The molecule has 8 heteroatoms. The SMILES string of the molecule is CC(c1ccc(Oc2ccc(C(=O)O)cc2)c(Cl)c1)c1ccc(Oc2ccc(C(=O)O)cc2)c(Cl)c1. The van der Waals surface area contributed by atoms with Crippen LogP contribution in [0.4, 0.5) is 0 Å². The summed E-state index contributed by atoms with van der Waals surface area (Å²) in [6, 6.07) is 23.1. The summed E-state index contributed by atoms with van der Waals surface area (Å²) in [4.78, 5) is 22.0. The number of halogens is 2. The van der Waals surface area contributed by atoms with Crippen molar-refractivity contribution >= 4 is 35.1 Å². The van der Waals surface area contributed by atoms with Gasteiger partial charge in [0.15, 0.2) is 0 Å². The van der Waals surface area contributed by atoms with Crippen LogP contribution >= 0.6 is 23.2 Å². The minimum Gasteiger partial charge on any atom is -0.478 e. The van der Waals surface area contributed by atoms with Crippen molar-refractivity contribution in [3.05, 3.63) is 117 Å². The summed E-state index contributed by atoms with van der Waals surface area (Å²) in [5.74, 6) is -0.199. The fraction of sp³-hybridized carbons (Fsp3) is 0.0714. The highest BCUT2D eigenvalue weighted by Gasteiger charge is 2.15. The molecule has 0 unspecified atom stereocenters. The maximum absolute atomic E-state index is 11.0. The van der Waals surface area contributed by atoms with Gasteiger partial charge in [-0.15, -0.1) is 0 Å². The predicted octanol–water partition coefficient (Wildman–Crippen LogP) is 8.13. The van der Waals surface area contributed by atoms with Gasteiger partial charge in [-0.25, -0.2) is 9.59 Å². The van der Waals surface area contributed by atoms with Gasteiger partial charge in [0.05, 0.1) is 21.2 Å². The van der Waals surface area contributed by atoms with Gasteiger partial charge in [0.25, 0.3) is 0 Å². The minimum atomic E-state index is -1.01. The molecule has 0 saturated heterocycles. The summed E-state index contributed by atoms with van der Waals surface area (Å²) in [5.41, 5.74) is 2.23. The van der Waals surface area contributed by atoms with Gasteiger partial charge >= 0.3 is 11.9 Å². The molecule has 182 valence electrons. The summed E-state index contributed by atoms with van der Waals surface area (Å²) in [5, 5.41) is 18.9. The van der Waals surface area contributed by atoms with E-state index >= 15 is 0 Å². The van der Waals surface area contributed by atoms with Crippen molar-refractivity contribution in [3.63, 3.8) is 0 Å². The first kappa shape index (κ1) is 25.1.